The first-order valence-corrected chi connectivity index (χ1v) is 13.2. The fourth-order valence-corrected chi connectivity index (χ4v) is 6.42. The summed E-state index contributed by atoms with van der Waals surface area (Å²) in [6.07, 6.45) is 2.38. The lowest BCUT2D eigenvalue weighted by Crippen LogP contribution is -2.45. The number of piperidine rings is 1. The zero-order chi connectivity index (χ0) is 22.5. The average molecular weight is 469 g/mol. The van der Waals surface area contributed by atoms with Crippen molar-refractivity contribution in [1.29, 1.82) is 0 Å². The summed E-state index contributed by atoms with van der Waals surface area (Å²) in [5, 5.41) is 3.26. The number of ether oxygens (including phenoxy) is 1. The molecular formula is C24H32BN3O2S2. The lowest BCUT2D eigenvalue weighted by Gasteiger charge is -2.37. The normalized spacial score (nSPS) is 15.6. The van der Waals surface area contributed by atoms with Crippen molar-refractivity contribution in [2.24, 2.45) is 0 Å². The van der Waals surface area contributed by atoms with Gasteiger partial charge in [-0.05, 0) is 68.5 Å². The Balaban J connectivity index is 1.30. The Labute approximate surface area is 199 Å². The molecule has 0 saturated carbocycles. The van der Waals surface area contributed by atoms with E-state index in [-0.39, 0.29) is 5.56 Å². The molecule has 1 fully saturated rings. The highest BCUT2D eigenvalue weighted by molar-refractivity contribution is 8.01. The van der Waals surface area contributed by atoms with Crippen LogP contribution in [0.25, 0.3) is 10.9 Å². The molecule has 5 nitrogen and oxygen atoms in total. The van der Waals surface area contributed by atoms with Gasteiger partial charge in [-0.15, -0.1) is 23.1 Å². The predicted octanol–water partition coefficient (Wildman–Crippen LogP) is 3.49. The second kappa shape index (κ2) is 10.9. The molecule has 0 unspecified atom stereocenters. The Kier molecular flexibility index (Phi) is 8.00. The lowest BCUT2D eigenvalue weighted by molar-refractivity contribution is 0.160. The molecule has 0 aliphatic carbocycles. The van der Waals surface area contributed by atoms with Crippen molar-refractivity contribution in [1.82, 2.24) is 14.3 Å². The van der Waals surface area contributed by atoms with Crippen molar-refractivity contribution in [2.75, 3.05) is 39.0 Å². The second-order valence-electron chi connectivity index (χ2n) is 8.53. The van der Waals surface area contributed by atoms with E-state index in [4.69, 9.17) is 4.74 Å². The summed E-state index contributed by atoms with van der Waals surface area (Å²) in [6.45, 7) is 6.92. The Morgan fingerprint density at radius 1 is 1.22 bits per heavy atom. The highest BCUT2D eigenvalue weighted by Gasteiger charge is 2.22. The molecule has 0 radical (unpaired) electrons. The van der Waals surface area contributed by atoms with E-state index in [0.29, 0.717) is 12.6 Å². The van der Waals surface area contributed by atoms with Gasteiger partial charge in [-0.1, -0.05) is 6.07 Å². The van der Waals surface area contributed by atoms with Gasteiger partial charge in [0.2, 0.25) is 0 Å². The van der Waals surface area contributed by atoms with E-state index in [9.17, 15) is 4.79 Å². The number of benzene rings is 1. The van der Waals surface area contributed by atoms with Gasteiger partial charge in [0.25, 0.3) is 5.56 Å². The molecule has 2 aromatic heterocycles. The summed E-state index contributed by atoms with van der Waals surface area (Å²) >= 11 is 3.78. The molecule has 0 amide bonds. The van der Waals surface area contributed by atoms with Gasteiger partial charge in [-0.2, -0.15) is 0 Å². The van der Waals surface area contributed by atoms with Crippen molar-refractivity contribution in [2.45, 2.75) is 36.6 Å². The van der Waals surface area contributed by atoms with E-state index in [0.717, 1.165) is 54.1 Å². The topological polar surface area (TPSA) is 37.7 Å². The fourth-order valence-electron chi connectivity index (χ4n) is 4.53. The number of rotatable bonds is 9. The van der Waals surface area contributed by atoms with E-state index < -0.39 is 0 Å². The van der Waals surface area contributed by atoms with Crippen LogP contribution in [0.5, 0.6) is 5.75 Å². The molecule has 1 aromatic carbocycles. The van der Waals surface area contributed by atoms with Gasteiger partial charge in [0, 0.05) is 42.4 Å². The number of nitrogens with zero attached hydrogens (tertiary/aromatic N) is 3. The van der Waals surface area contributed by atoms with Gasteiger partial charge in [0.15, 0.2) is 7.98 Å². The van der Waals surface area contributed by atoms with Crippen LogP contribution in [0.2, 0.25) is 0 Å². The number of pyridine rings is 1. The summed E-state index contributed by atoms with van der Waals surface area (Å²) < 4.78 is 8.72. The third kappa shape index (κ3) is 5.60. The van der Waals surface area contributed by atoms with E-state index in [1.54, 1.807) is 13.2 Å². The SMILES string of the molecule is BN(CCSc1cccs1)C1CCN(CCn2c(=O)cc(C)c3ccc(OC)cc32)CC1. The monoisotopic (exact) mass is 469 g/mol. The van der Waals surface area contributed by atoms with Crippen molar-refractivity contribution in [3.63, 3.8) is 0 Å². The molecular weight excluding hydrogens is 437 g/mol. The number of aromatic nitrogens is 1. The summed E-state index contributed by atoms with van der Waals surface area (Å²) in [7, 11) is 3.93. The van der Waals surface area contributed by atoms with Crippen molar-refractivity contribution < 1.29 is 4.74 Å². The molecule has 0 spiro atoms. The highest BCUT2D eigenvalue weighted by Crippen LogP contribution is 2.24. The van der Waals surface area contributed by atoms with Crippen LogP contribution in [0.15, 0.2) is 50.8 Å². The number of thiophene rings is 1. The van der Waals surface area contributed by atoms with E-state index in [1.807, 2.05) is 46.7 Å². The van der Waals surface area contributed by atoms with Gasteiger partial charge in [-0.25, -0.2) is 0 Å². The summed E-state index contributed by atoms with van der Waals surface area (Å²) in [5.74, 6) is 1.93. The maximum Gasteiger partial charge on any atom is 0.251 e. The third-order valence-corrected chi connectivity index (χ3v) is 8.64. The maximum absolute atomic E-state index is 12.7. The van der Waals surface area contributed by atoms with Crippen molar-refractivity contribution in [3.8, 4) is 5.75 Å². The zero-order valence-corrected chi connectivity index (χ0v) is 20.9. The predicted molar refractivity (Wildman–Crippen MR) is 139 cm³/mol. The second-order valence-corrected chi connectivity index (χ2v) is 10.9. The molecule has 1 saturated heterocycles. The van der Waals surface area contributed by atoms with Crippen LogP contribution in [0.3, 0.4) is 0 Å². The maximum atomic E-state index is 12.7. The van der Waals surface area contributed by atoms with Crippen LogP contribution in [0, 0.1) is 6.92 Å². The quantitative estimate of drug-likeness (QED) is 0.354. The number of fused-ring (bicyclic) bond motifs is 1. The lowest BCUT2D eigenvalue weighted by atomic mass is 10.0. The molecule has 1 aliphatic heterocycles. The van der Waals surface area contributed by atoms with Gasteiger partial charge in [0.05, 0.1) is 16.8 Å². The minimum atomic E-state index is 0.0705. The Morgan fingerprint density at radius 2 is 2.03 bits per heavy atom. The largest absolute Gasteiger partial charge is 0.497 e. The third-order valence-electron chi connectivity index (χ3n) is 6.53. The first-order valence-electron chi connectivity index (χ1n) is 11.3. The van der Waals surface area contributed by atoms with Crippen LogP contribution >= 0.6 is 23.1 Å². The zero-order valence-electron chi connectivity index (χ0n) is 19.3. The van der Waals surface area contributed by atoms with Crippen molar-refractivity contribution >= 4 is 42.0 Å². The number of likely N-dealkylation sites (tertiary alicyclic amines) is 1. The van der Waals surface area contributed by atoms with Gasteiger partial charge >= 0.3 is 0 Å². The minimum absolute atomic E-state index is 0.0705. The Hall–Kier alpha value is -1.74. The van der Waals surface area contributed by atoms with Crippen LogP contribution in [0.4, 0.5) is 0 Å². The van der Waals surface area contributed by atoms with Crippen LogP contribution in [-0.2, 0) is 6.54 Å². The molecule has 4 rings (SSSR count). The molecule has 32 heavy (non-hydrogen) atoms. The van der Waals surface area contributed by atoms with Gasteiger partial charge < -0.3 is 19.0 Å². The van der Waals surface area contributed by atoms with E-state index in [2.05, 4.69) is 41.3 Å². The van der Waals surface area contributed by atoms with Gasteiger partial charge in [0.1, 0.15) is 5.75 Å². The number of methoxy groups -OCH3 is 1. The smallest absolute Gasteiger partial charge is 0.251 e. The Morgan fingerprint density at radius 3 is 2.75 bits per heavy atom. The number of thioether (sulfide) groups is 1. The summed E-state index contributed by atoms with van der Waals surface area (Å²) in [6, 6.07) is 12.7. The molecule has 8 heteroatoms. The first kappa shape index (κ1) is 23.4. The number of hydrogen-bond acceptors (Lipinski definition) is 6. The molecule has 170 valence electrons. The molecule has 1 aliphatic rings. The van der Waals surface area contributed by atoms with Crippen LogP contribution in [0.1, 0.15) is 18.4 Å². The number of aryl methyl sites for hydroxylation is 1. The average Bonchev–Trinajstić information content (AvgIpc) is 3.32. The molecule has 0 N–H and O–H groups in total. The van der Waals surface area contributed by atoms with E-state index in [1.165, 1.54) is 17.1 Å². The molecule has 0 bridgehead atoms. The fraction of sp³-hybridized carbons (Fsp3) is 0.458. The van der Waals surface area contributed by atoms with E-state index >= 15 is 0 Å². The summed E-state index contributed by atoms with van der Waals surface area (Å²) in [5.41, 5.74) is 2.05. The Bertz CT molecular complexity index is 1080. The van der Waals surface area contributed by atoms with Gasteiger partial charge in [-0.3, -0.25) is 4.79 Å². The van der Waals surface area contributed by atoms with Crippen LogP contribution in [-0.4, -0.2) is 67.3 Å². The minimum Gasteiger partial charge on any atom is -0.497 e. The van der Waals surface area contributed by atoms with Crippen LogP contribution < -0.4 is 10.3 Å². The highest BCUT2D eigenvalue weighted by atomic mass is 32.2. The molecule has 3 aromatic rings. The van der Waals surface area contributed by atoms with Crippen molar-refractivity contribution in [3.05, 3.63) is 57.7 Å². The standard InChI is InChI=1S/C24H32BN3O2S2/c1-18-16-23(29)27(22-17-20(30-2)5-6-21(18)22)12-11-26-9-7-19(8-10-26)28(25)13-15-32-24-4-3-14-31-24/h3-6,14,16-17,19H,7-13,15,25H2,1-2H3. The molecule has 3 heterocycles. The molecule has 0 atom stereocenters. The number of hydrogen-bond donors (Lipinski definition) is 0. The summed E-state index contributed by atoms with van der Waals surface area (Å²) in [4.78, 5) is 17.8. The first-order chi connectivity index (χ1) is 15.5.